The lowest BCUT2D eigenvalue weighted by Gasteiger charge is -2.38. The lowest BCUT2D eigenvalue weighted by molar-refractivity contribution is -0.133. The molecule has 3 aliphatic heterocycles. The molecule has 0 bridgehead atoms. The van der Waals surface area contributed by atoms with Crippen molar-refractivity contribution in [2.75, 3.05) is 52.4 Å². The van der Waals surface area contributed by atoms with Crippen LogP contribution in [0.5, 0.6) is 0 Å². The van der Waals surface area contributed by atoms with Crippen molar-refractivity contribution in [3.05, 3.63) is 35.9 Å². The third-order valence-corrected chi connectivity index (χ3v) is 6.91. The first-order chi connectivity index (χ1) is 13.8. The summed E-state index contributed by atoms with van der Waals surface area (Å²) in [5.74, 6) is 1.14. The molecule has 4 rings (SSSR count). The summed E-state index contributed by atoms with van der Waals surface area (Å²) in [5.41, 5.74) is 1.41. The van der Waals surface area contributed by atoms with Gasteiger partial charge in [0.25, 0.3) is 0 Å². The third kappa shape index (κ3) is 5.34. The van der Waals surface area contributed by atoms with E-state index in [-0.39, 0.29) is 0 Å². The second-order valence-electron chi connectivity index (χ2n) is 8.81. The molecule has 1 atom stereocenters. The summed E-state index contributed by atoms with van der Waals surface area (Å²) in [4.78, 5) is 19.9. The van der Waals surface area contributed by atoms with Gasteiger partial charge in [-0.2, -0.15) is 0 Å². The summed E-state index contributed by atoms with van der Waals surface area (Å²) in [7, 11) is 0. The second kappa shape index (κ2) is 9.86. The van der Waals surface area contributed by atoms with Crippen molar-refractivity contribution >= 4 is 5.91 Å². The van der Waals surface area contributed by atoms with Gasteiger partial charge in [-0.1, -0.05) is 30.3 Å². The average molecular weight is 385 g/mol. The zero-order chi connectivity index (χ0) is 19.2. The van der Waals surface area contributed by atoms with Crippen molar-refractivity contribution in [3.63, 3.8) is 0 Å². The van der Waals surface area contributed by atoms with E-state index in [1.807, 2.05) is 0 Å². The summed E-state index contributed by atoms with van der Waals surface area (Å²) in [6, 6.07) is 11.5. The molecule has 0 aromatic heterocycles. The number of piperazine rings is 1. The zero-order valence-electron chi connectivity index (χ0n) is 17.2. The SMILES string of the molecule is O=C(CCC1CCNCC1)N1CCN(C2CCN(Cc3ccccc3)C2)CC1. The van der Waals surface area contributed by atoms with Gasteiger partial charge in [0.15, 0.2) is 0 Å². The molecular weight excluding hydrogens is 348 g/mol. The Bertz CT molecular complexity index is 608. The number of nitrogens with zero attached hydrogens (tertiary/aromatic N) is 3. The molecule has 3 aliphatic rings. The fourth-order valence-electron chi connectivity index (χ4n) is 5.09. The van der Waals surface area contributed by atoms with Crippen LogP contribution in [0.25, 0.3) is 0 Å². The van der Waals surface area contributed by atoms with Gasteiger partial charge in [0, 0.05) is 58.3 Å². The third-order valence-electron chi connectivity index (χ3n) is 6.91. The number of nitrogens with one attached hydrogen (secondary N) is 1. The molecule has 1 N–H and O–H groups in total. The average Bonchev–Trinajstić information content (AvgIpc) is 3.22. The molecule has 5 nitrogen and oxygen atoms in total. The zero-order valence-corrected chi connectivity index (χ0v) is 17.2. The van der Waals surface area contributed by atoms with Crippen molar-refractivity contribution in [1.29, 1.82) is 0 Å². The van der Waals surface area contributed by atoms with E-state index in [9.17, 15) is 4.79 Å². The van der Waals surface area contributed by atoms with Crippen molar-refractivity contribution < 1.29 is 4.79 Å². The minimum atomic E-state index is 0.385. The van der Waals surface area contributed by atoms with Crippen molar-refractivity contribution in [3.8, 4) is 0 Å². The van der Waals surface area contributed by atoms with Gasteiger partial charge in [-0.15, -0.1) is 0 Å². The number of carbonyl (C=O) groups excluding carboxylic acids is 1. The molecule has 3 saturated heterocycles. The second-order valence-corrected chi connectivity index (χ2v) is 8.81. The first-order valence-corrected chi connectivity index (χ1v) is 11.3. The van der Waals surface area contributed by atoms with Crippen LogP contribution in [0.15, 0.2) is 30.3 Å². The number of benzene rings is 1. The number of likely N-dealkylation sites (tertiary alicyclic amines) is 1. The Morgan fingerprint density at radius 1 is 0.964 bits per heavy atom. The minimum absolute atomic E-state index is 0.385. The molecule has 0 aliphatic carbocycles. The van der Waals surface area contributed by atoms with E-state index in [1.165, 1.54) is 37.9 Å². The number of rotatable bonds is 6. The fraction of sp³-hybridized carbons (Fsp3) is 0.696. The highest BCUT2D eigenvalue weighted by atomic mass is 16.2. The van der Waals surface area contributed by atoms with E-state index in [1.54, 1.807) is 0 Å². The van der Waals surface area contributed by atoms with Crippen LogP contribution >= 0.6 is 0 Å². The first-order valence-electron chi connectivity index (χ1n) is 11.3. The molecule has 0 spiro atoms. The van der Waals surface area contributed by atoms with Crippen molar-refractivity contribution in [2.45, 2.75) is 44.7 Å². The standard InChI is InChI=1S/C23H36N4O/c28-23(7-6-20-8-11-24-12-9-20)27-16-14-26(15-17-27)22-10-13-25(19-22)18-21-4-2-1-3-5-21/h1-5,20,22,24H,6-19H2. The molecular formula is C23H36N4O. The summed E-state index contributed by atoms with van der Waals surface area (Å²) < 4.78 is 0. The van der Waals surface area contributed by atoms with Gasteiger partial charge in [-0.3, -0.25) is 14.6 Å². The number of piperidine rings is 1. The Morgan fingerprint density at radius 2 is 1.71 bits per heavy atom. The van der Waals surface area contributed by atoms with E-state index in [0.717, 1.165) is 64.6 Å². The Labute approximate surface area is 170 Å². The number of carbonyl (C=O) groups is 1. The van der Waals surface area contributed by atoms with Crippen LogP contribution in [-0.2, 0) is 11.3 Å². The Balaban J connectivity index is 1.16. The maximum atomic E-state index is 12.6. The Morgan fingerprint density at radius 3 is 2.46 bits per heavy atom. The van der Waals surface area contributed by atoms with Gasteiger partial charge >= 0.3 is 0 Å². The summed E-state index contributed by atoms with van der Waals surface area (Å²) in [6.07, 6.45) is 5.57. The van der Waals surface area contributed by atoms with Gasteiger partial charge in [0.1, 0.15) is 0 Å². The smallest absolute Gasteiger partial charge is 0.222 e. The van der Waals surface area contributed by atoms with Gasteiger partial charge in [-0.05, 0) is 50.3 Å². The molecule has 3 fully saturated rings. The maximum absolute atomic E-state index is 12.6. The lowest BCUT2D eigenvalue weighted by Crippen LogP contribution is -2.52. The van der Waals surface area contributed by atoms with Crippen LogP contribution in [0.4, 0.5) is 0 Å². The lowest BCUT2D eigenvalue weighted by atomic mass is 9.93. The molecule has 0 saturated carbocycles. The molecule has 3 heterocycles. The summed E-state index contributed by atoms with van der Waals surface area (Å²) >= 11 is 0. The Hall–Kier alpha value is -1.43. The van der Waals surface area contributed by atoms with Crippen molar-refractivity contribution in [2.24, 2.45) is 5.92 Å². The fourth-order valence-corrected chi connectivity index (χ4v) is 5.09. The number of hydrogen-bond acceptors (Lipinski definition) is 4. The predicted molar refractivity (Wildman–Crippen MR) is 113 cm³/mol. The highest BCUT2D eigenvalue weighted by Crippen LogP contribution is 2.21. The van der Waals surface area contributed by atoms with Crippen LogP contribution in [0.1, 0.15) is 37.7 Å². The number of amides is 1. The van der Waals surface area contributed by atoms with Crippen LogP contribution in [0.2, 0.25) is 0 Å². The van der Waals surface area contributed by atoms with Crippen LogP contribution in [0, 0.1) is 5.92 Å². The van der Waals surface area contributed by atoms with Crippen LogP contribution in [0.3, 0.4) is 0 Å². The Kier molecular flexibility index (Phi) is 7.00. The van der Waals surface area contributed by atoms with Crippen LogP contribution < -0.4 is 5.32 Å². The van der Waals surface area contributed by atoms with Gasteiger partial charge < -0.3 is 10.2 Å². The van der Waals surface area contributed by atoms with Crippen LogP contribution in [-0.4, -0.2) is 79.0 Å². The molecule has 1 unspecified atom stereocenters. The molecule has 28 heavy (non-hydrogen) atoms. The summed E-state index contributed by atoms with van der Waals surface area (Å²) in [5, 5.41) is 3.41. The highest BCUT2D eigenvalue weighted by Gasteiger charge is 2.31. The van der Waals surface area contributed by atoms with Gasteiger partial charge in [0.05, 0.1) is 0 Å². The van der Waals surface area contributed by atoms with Gasteiger partial charge in [0.2, 0.25) is 5.91 Å². The molecule has 5 heteroatoms. The predicted octanol–water partition coefficient (Wildman–Crippen LogP) is 2.18. The van der Waals surface area contributed by atoms with Gasteiger partial charge in [-0.25, -0.2) is 0 Å². The van der Waals surface area contributed by atoms with E-state index in [2.05, 4.69) is 50.3 Å². The first kappa shape index (κ1) is 19.9. The van der Waals surface area contributed by atoms with E-state index in [4.69, 9.17) is 0 Å². The monoisotopic (exact) mass is 384 g/mol. The van der Waals surface area contributed by atoms with Crippen molar-refractivity contribution in [1.82, 2.24) is 20.0 Å². The molecule has 1 amide bonds. The minimum Gasteiger partial charge on any atom is -0.340 e. The van der Waals surface area contributed by atoms with E-state index < -0.39 is 0 Å². The molecule has 1 aromatic rings. The maximum Gasteiger partial charge on any atom is 0.222 e. The highest BCUT2D eigenvalue weighted by molar-refractivity contribution is 5.76. The molecule has 154 valence electrons. The normalized spacial score (nSPS) is 25.3. The molecule has 1 aromatic carbocycles. The molecule has 0 radical (unpaired) electrons. The quantitative estimate of drug-likeness (QED) is 0.816. The largest absolute Gasteiger partial charge is 0.340 e. The topological polar surface area (TPSA) is 38.8 Å². The van der Waals surface area contributed by atoms with E-state index in [0.29, 0.717) is 11.9 Å². The summed E-state index contributed by atoms with van der Waals surface area (Å²) in [6.45, 7) is 9.59. The number of hydrogen-bond donors (Lipinski definition) is 1. The van der Waals surface area contributed by atoms with E-state index >= 15 is 0 Å².